The van der Waals surface area contributed by atoms with Gasteiger partial charge >= 0.3 is 0 Å². The third-order valence-electron chi connectivity index (χ3n) is 14.3. The predicted octanol–water partition coefficient (Wildman–Crippen LogP) is 9.81. The number of fused-ring (bicyclic) bond motifs is 5. The molecule has 4 fully saturated rings. The average molecular weight is 603 g/mol. The lowest BCUT2D eigenvalue weighted by Gasteiger charge is -2.64. The number of rotatable bonds is 6. The van der Waals surface area contributed by atoms with Crippen molar-refractivity contribution in [3.8, 4) is 12.3 Å². The molecule has 0 saturated heterocycles. The Balaban J connectivity index is 1.68. The summed E-state index contributed by atoms with van der Waals surface area (Å²) < 4.78 is 14.6. The van der Waals surface area contributed by atoms with Crippen LogP contribution in [0.1, 0.15) is 120 Å². The Labute approximate surface area is 257 Å². The van der Waals surface area contributed by atoms with Gasteiger partial charge in [0, 0.05) is 18.6 Å². The van der Waals surface area contributed by atoms with E-state index in [0.29, 0.717) is 41.8 Å². The molecule has 4 aliphatic carbocycles. The summed E-state index contributed by atoms with van der Waals surface area (Å²) in [4.78, 5) is 0. The van der Waals surface area contributed by atoms with Gasteiger partial charge in [-0.15, -0.1) is 12.3 Å². The van der Waals surface area contributed by atoms with Crippen molar-refractivity contribution in [3.05, 3.63) is 0 Å². The van der Waals surface area contributed by atoms with Crippen LogP contribution in [0.15, 0.2) is 0 Å². The molecule has 0 heterocycles. The molecule has 0 spiro atoms. The number of hydrogen-bond donors (Lipinski definition) is 1. The molecule has 4 rings (SSSR count). The molecule has 0 bridgehead atoms. The minimum Gasteiger partial charge on any atom is -0.414 e. The van der Waals surface area contributed by atoms with Gasteiger partial charge in [0.05, 0.1) is 5.60 Å². The largest absolute Gasteiger partial charge is 0.414 e. The van der Waals surface area contributed by atoms with E-state index >= 15 is 0 Å². The summed E-state index contributed by atoms with van der Waals surface area (Å²) in [5, 5.41) is 12.0. The second kappa shape index (κ2) is 10.7. The number of aliphatic hydroxyl groups is 1. The highest BCUT2D eigenvalue weighted by molar-refractivity contribution is 6.74. The van der Waals surface area contributed by atoms with Crippen LogP contribution in [0, 0.1) is 52.8 Å². The van der Waals surface area contributed by atoms with Gasteiger partial charge in [0.15, 0.2) is 16.6 Å². The van der Waals surface area contributed by atoms with E-state index in [1.54, 1.807) is 0 Å². The Bertz CT molecular complexity index is 998. The Morgan fingerprint density at radius 2 is 1.29 bits per heavy atom. The molecule has 1 unspecified atom stereocenters. The lowest BCUT2D eigenvalue weighted by molar-refractivity contribution is -0.174. The number of hydrogen-bond acceptors (Lipinski definition) is 3. The molecule has 236 valence electrons. The van der Waals surface area contributed by atoms with Crippen LogP contribution in [0.25, 0.3) is 0 Å². The van der Waals surface area contributed by atoms with Gasteiger partial charge in [-0.05, 0) is 135 Å². The molecule has 0 aliphatic heterocycles. The van der Waals surface area contributed by atoms with Crippen LogP contribution >= 0.6 is 0 Å². The van der Waals surface area contributed by atoms with Gasteiger partial charge in [-0.2, -0.15) is 0 Å². The molecule has 4 saturated carbocycles. The summed E-state index contributed by atoms with van der Waals surface area (Å²) in [5.74, 6) is 5.72. The first-order chi connectivity index (χ1) is 18.5. The van der Waals surface area contributed by atoms with E-state index in [1.807, 2.05) is 6.92 Å². The van der Waals surface area contributed by atoms with E-state index in [1.165, 1.54) is 38.5 Å². The topological polar surface area (TPSA) is 38.7 Å². The van der Waals surface area contributed by atoms with Crippen LogP contribution in [-0.2, 0) is 8.85 Å². The minimum atomic E-state index is -1.96. The zero-order valence-electron chi connectivity index (χ0n) is 29.2. The molecule has 0 amide bonds. The fraction of sp³-hybridized carbons (Fsp3) is 0.944. The van der Waals surface area contributed by atoms with Crippen LogP contribution in [0.4, 0.5) is 0 Å². The quantitative estimate of drug-likeness (QED) is 0.243. The fourth-order valence-corrected chi connectivity index (χ4v) is 12.7. The van der Waals surface area contributed by atoms with Crippen LogP contribution < -0.4 is 0 Å². The predicted molar refractivity (Wildman–Crippen MR) is 179 cm³/mol. The summed E-state index contributed by atoms with van der Waals surface area (Å²) in [6.45, 7) is 31.2. The lowest BCUT2D eigenvalue weighted by Crippen LogP contribution is -2.61. The van der Waals surface area contributed by atoms with E-state index in [2.05, 4.69) is 87.5 Å². The van der Waals surface area contributed by atoms with Crippen molar-refractivity contribution < 1.29 is 14.0 Å². The molecular formula is C36H66O3Si2. The molecule has 0 radical (unpaired) electrons. The summed E-state index contributed by atoms with van der Waals surface area (Å²) in [7, 11) is -3.79. The van der Waals surface area contributed by atoms with E-state index < -0.39 is 22.2 Å². The molecule has 5 heteroatoms. The van der Waals surface area contributed by atoms with E-state index in [9.17, 15) is 5.11 Å². The SMILES string of the molecule is C#CCC(C)(O)[C@H]1CC[C@H]2[C@@H]3C[C@H](O[Si](C)(C)C(C)(C)C)[C@H]4C[C@@H](O[Si](C)(C)C(C)(C)C)CC[C@]4(C)[C@H]3CC[C@]12C. The Hall–Kier alpha value is -0.126. The molecule has 41 heavy (non-hydrogen) atoms. The minimum absolute atomic E-state index is 0.162. The van der Waals surface area contributed by atoms with Crippen molar-refractivity contribution in [2.45, 2.75) is 174 Å². The van der Waals surface area contributed by atoms with Crippen molar-refractivity contribution in [1.82, 2.24) is 0 Å². The second-order valence-electron chi connectivity index (χ2n) is 18.8. The molecule has 4 aliphatic rings. The summed E-state index contributed by atoms with van der Waals surface area (Å²) in [5.41, 5.74) is -0.318. The molecular weight excluding hydrogens is 537 g/mol. The third kappa shape index (κ3) is 5.85. The van der Waals surface area contributed by atoms with Crippen LogP contribution in [0.3, 0.4) is 0 Å². The third-order valence-corrected chi connectivity index (χ3v) is 23.4. The van der Waals surface area contributed by atoms with Crippen LogP contribution in [-0.4, -0.2) is 39.6 Å². The molecule has 3 nitrogen and oxygen atoms in total. The first-order valence-electron chi connectivity index (χ1n) is 17.0. The molecule has 0 aromatic rings. The highest BCUT2D eigenvalue weighted by Gasteiger charge is 2.65. The highest BCUT2D eigenvalue weighted by atomic mass is 28.4. The molecule has 1 N–H and O–H groups in total. The maximum absolute atomic E-state index is 11.6. The van der Waals surface area contributed by atoms with E-state index in [4.69, 9.17) is 15.3 Å². The smallest absolute Gasteiger partial charge is 0.192 e. The zero-order valence-corrected chi connectivity index (χ0v) is 31.2. The average Bonchev–Trinajstić information content (AvgIpc) is 3.16. The Morgan fingerprint density at radius 1 is 0.756 bits per heavy atom. The van der Waals surface area contributed by atoms with E-state index in [-0.39, 0.29) is 21.4 Å². The Kier molecular flexibility index (Phi) is 8.85. The zero-order chi connectivity index (χ0) is 31.0. The van der Waals surface area contributed by atoms with Crippen LogP contribution in [0.2, 0.25) is 36.3 Å². The van der Waals surface area contributed by atoms with Gasteiger partial charge in [-0.25, -0.2) is 0 Å². The van der Waals surface area contributed by atoms with Gasteiger partial charge in [0.1, 0.15) is 0 Å². The van der Waals surface area contributed by atoms with E-state index in [0.717, 1.165) is 18.8 Å². The standard InChI is InChI=1S/C36H66O3Si2/c1-15-20-36(10,37)31-17-16-27-26-24-30(39-41(13,14)33(5,6)7)29-23-25(38-40(11,12)32(2,3)4)18-21-34(29,8)28(26)19-22-35(27,31)9/h1,25-31,37H,16-24H2,2-14H3/t25-,26-,27-,28-,29+,30-,31-,34+,35-,36?/m0/s1. The van der Waals surface area contributed by atoms with Crippen molar-refractivity contribution in [2.24, 2.45) is 40.4 Å². The highest BCUT2D eigenvalue weighted by Crippen LogP contribution is 2.69. The normalized spacial score (nSPS) is 41.5. The second-order valence-corrected chi connectivity index (χ2v) is 28.3. The first-order valence-corrected chi connectivity index (χ1v) is 22.8. The fourth-order valence-electron chi connectivity index (χ4n) is 9.97. The van der Waals surface area contributed by atoms with Crippen molar-refractivity contribution in [1.29, 1.82) is 0 Å². The summed E-state index contributed by atoms with van der Waals surface area (Å²) in [6.07, 6.45) is 16.5. The van der Waals surface area contributed by atoms with Gasteiger partial charge in [-0.1, -0.05) is 55.4 Å². The molecule has 10 atom stereocenters. The molecule has 0 aromatic heterocycles. The van der Waals surface area contributed by atoms with Gasteiger partial charge in [0.25, 0.3) is 0 Å². The maximum Gasteiger partial charge on any atom is 0.192 e. The van der Waals surface area contributed by atoms with Gasteiger partial charge in [0.2, 0.25) is 0 Å². The lowest BCUT2D eigenvalue weighted by atomic mass is 9.43. The molecule has 0 aromatic carbocycles. The van der Waals surface area contributed by atoms with Crippen molar-refractivity contribution in [2.75, 3.05) is 0 Å². The van der Waals surface area contributed by atoms with Crippen molar-refractivity contribution in [3.63, 3.8) is 0 Å². The first kappa shape index (κ1) is 33.8. The number of terminal acetylenes is 1. The van der Waals surface area contributed by atoms with Crippen molar-refractivity contribution >= 4 is 16.6 Å². The Morgan fingerprint density at radius 3 is 1.85 bits per heavy atom. The maximum atomic E-state index is 11.6. The van der Waals surface area contributed by atoms with Gasteiger partial charge in [-0.3, -0.25) is 0 Å². The van der Waals surface area contributed by atoms with Gasteiger partial charge < -0.3 is 14.0 Å². The monoisotopic (exact) mass is 602 g/mol. The summed E-state index contributed by atoms with van der Waals surface area (Å²) >= 11 is 0. The summed E-state index contributed by atoms with van der Waals surface area (Å²) in [6, 6.07) is 0. The van der Waals surface area contributed by atoms with Crippen LogP contribution in [0.5, 0.6) is 0 Å².